The van der Waals surface area contributed by atoms with Gasteiger partial charge >= 0.3 is 5.97 Å². The van der Waals surface area contributed by atoms with Crippen LogP contribution in [0.3, 0.4) is 0 Å². The van der Waals surface area contributed by atoms with Crippen LogP contribution in [-0.4, -0.2) is 36.0 Å². The van der Waals surface area contributed by atoms with Crippen LogP contribution in [0, 0.1) is 5.92 Å². The van der Waals surface area contributed by atoms with Gasteiger partial charge in [-0.3, -0.25) is 4.79 Å². The van der Waals surface area contributed by atoms with Gasteiger partial charge in [0, 0.05) is 10.9 Å². The number of ether oxygens (including phenoxy) is 4. The van der Waals surface area contributed by atoms with Gasteiger partial charge in [0.25, 0.3) is 0 Å². The third-order valence-corrected chi connectivity index (χ3v) is 8.08. The van der Waals surface area contributed by atoms with Crippen molar-refractivity contribution in [3.8, 4) is 0 Å². The van der Waals surface area contributed by atoms with E-state index in [0.717, 1.165) is 22.3 Å². The summed E-state index contributed by atoms with van der Waals surface area (Å²) in [4.78, 5) is 11.5. The van der Waals surface area contributed by atoms with Crippen LogP contribution >= 0.6 is 11.6 Å². The maximum atomic E-state index is 11.5. The number of hydrogen-bond donors (Lipinski definition) is 1. The van der Waals surface area contributed by atoms with Crippen molar-refractivity contribution in [2.75, 3.05) is 6.61 Å². The van der Waals surface area contributed by atoms with E-state index >= 15 is 0 Å². The summed E-state index contributed by atoms with van der Waals surface area (Å²) in [5, 5.41) is 9.86. The molecule has 1 heterocycles. The number of rotatable bonds is 13. The quantitative estimate of drug-likeness (QED) is 0.172. The first kappa shape index (κ1) is 30.9. The van der Waals surface area contributed by atoms with E-state index in [-0.39, 0.29) is 18.4 Å². The molecule has 0 radical (unpaired) electrons. The van der Waals surface area contributed by atoms with Crippen molar-refractivity contribution in [2.24, 2.45) is 5.92 Å². The highest BCUT2D eigenvalue weighted by molar-refractivity contribution is 6.31. The molecule has 1 aliphatic rings. The number of carboxylic acids is 1. The monoisotopic (exact) mass is 600 g/mol. The third kappa shape index (κ3) is 8.53. The van der Waals surface area contributed by atoms with Crippen LogP contribution in [0.4, 0.5) is 0 Å². The second-order valence-electron chi connectivity index (χ2n) is 10.9. The zero-order chi connectivity index (χ0) is 30.0. The molecular formula is C36H37ClO6. The molecule has 43 heavy (non-hydrogen) atoms. The van der Waals surface area contributed by atoms with Gasteiger partial charge in [0.1, 0.15) is 12.2 Å². The van der Waals surface area contributed by atoms with Crippen molar-refractivity contribution in [3.63, 3.8) is 0 Å². The lowest BCUT2D eigenvalue weighted by Gasteiger charge is -2.46. The molecule has 5 rings (SSSR count). The first-order chi connectivity index (χ1) is 21.0. The van der Waals surface area contributed by atoms with Crippen molar-refractivity contribution in [1.82, 2.24) is 0 Å². The zero-order valence-corrected chi connectivity index (χ0v) is 24.9. The molecule has 7 heteroatoms. The highest BCUT2D eigenvalue weighted by Crippen LogP contribution is 2.41. The lowest BCUT2D eigenvalue weighted by molar-refractivity contribution is -0.244. The van der Waals surface area contributed by atoms with E-state index in [4.69, 9.17) is 30.5 Å². The van der Waals surface area contributed by atoms with Crippen LogP contribution in [-0.2, 0) is 50.0 Å². The van der Waals surface area contributed by atoms with Gasteiger partial charge in [-0.15, -0.1) is 0 Å². The fourth-order valence-corrected chi connectivity index (χ4v) is 5.69. The number of carboxylic acid groups (broad SMARTS) is 1. The van der Waals surface area contributed by atoms with E-state index in [1.807, 2.05) is 103 Å². The molecule has 1 aliphatic heterocycles. The van der Waals surface area contributed by atoms with Crippen LogP contribution in [0.2, 0.25) is 5.02 Å². The molecule has 1 saturated heterocycles. The molecule has 1 fully saturated rings. The topological polar surface area (TPSA) is 74.2 Å². The summed E-state index contributed by atoms with van der Waals surface area (Å²) in [5.74, 6) is -1.07. The Morgan fingerprint density at radius 3 is 1.86 bits per heavy atom. The zero-order valence-electron chi connectivity index (χ0n) is 24.2. The van der Waals surface area contributed by atoms with Gasteiger partial charge in [0.2, 0.25) is 0 Å². The summed E-state index contributed by atoms with van der Waals surface area (Å²) in [5.41, 5.74) is 4.57. The van der Waals surface area contributed by atoms with Gasteiger partial charge in [0.05, 0.1) is 45.1 Å². The maximum Gasteiger partial charge on any atom is 0.307 e. The molecule has 224 valence electrons. The lowest BCUT2D eigenvalue weighted by Crippen LogP contribution is -2.54. The Bertz CT molecular complexity index is 1430. The molecule has 6 nitrogen and oxygen atoms in total. The number of benzene rings is 4. The average Bonchev–Trinajstić information content (AvgIpc) is 3.02. The van der Waals surface area contributed by atoms with Gasteiger partial charge in [-0.1, -0.05) is 122 Å². The van der Waals surface area contributed by atoms with E-state index in [9.17, 15) is 9.90 Å². The molecule has 0 aromatic heterocycles. The Hall–Kier alpha value is -3.52. The molecule has 0 amide bonds. The SMILES string of the molecule is CC1C(c2ccc(Cl)c(CC(=O)O)c2)OC(COCc2ccccc2)C(OCc2ccccc2)C1OCc1ccccc1. The van der Waals surface area contributed by atoms with Crippen LogP contribution in [0.15, 0.2) is 109 Å². The summed E-state index contributed by atoms with van der Waals surface area (Å²) in [6.07, 6.45) is -1.78. The number of halogens is 1. The highest BCUT2D eigenvalue weighted by Gasteiger charge is 2.46. The Labute approximate surface area is 258 Å². The Morgan fingerprint density at radius 1 is 0.767 bits per heavy atom. The van der Waals surface area contributed by atoms with Gasteiger partial charge in [-0.2, -0.15) is 0 Å². The molecule has 1 N–H and O–H groups in total. The summed E-state index contributed by atoms with van der Waals surface area (Å²) < 4.78 is 26.3. The lowest BCUT2D eigenvalue weighted by atomic mass is 9.84. The van der Waals surface area contributed by atoms with Gasteiger partial charge in [-0.25, -0.2) is 0 Å². The smallest absolute Gasteiger partial charge is 0.307 e. The van der Waals surface area contributed by atoms with Crippen LogP contribution in [0.25, 0.3) is 0 Å². The molecule has 0 aliphatic carbocycles. The van der Waals surface area contributed by atoms with E-state index < -0.39 is 24.3 Å². The Balaban J connectivity index is 1.44. The summed E-state index contributed by atoms with van der Waals surface area (Å²) in [6.45, 7) is 3.63. The molecule has 0 bridgehead atoms. The normalized spacial score (nSPS) is 21.9. The van der Waals surface area contributed by atoms with Gasteiger partial charge in [-0.05, 0) is 33.9 Å². The molecule has 0 spiro atoms. The summed E-state index contributed by atoms with van der Waals surface area (Å²) >= 11 is 6.37. The van der Waals surface area contributed by atoms with Crippen LogP contribution < -0.4 is 0 Å². The molecule has 0 saturated carbocycles. The summed E-state index contributed by atoms with van der Waals surface area (Å²) in [7, 11) is 0. The first-order valence-electron chi connectivity index (χ1n) is 14.6. The van der Waals surface area contributed by atoms with E-state index in [0.29, 0.717) is 37.0 Å². The van der Waals surface area contributed by atoms with E-state index in [1.54, 1.807) is 6.07 Å². The van der Waals surface area contributed by atoms with Gasteiger partial charge < -0.3 is 24.1 Å². The van der Waals surface area contributed by atoms with Crippen molar-refractivity contribution < 1.29 is 28.8 Å². The predicted molar refractivity (Wildman–Crippen MR) is 166 cm³/mol. The molecular weight excluding hydrogens is 564 g/mol. The van der Waals surface area contributed by atoms with Crippen molar-refractivity contribution in [2.45, 2.75) is 57.6 Å². The van der Waals surface area contributed by atoms with Gasteiger partial charge in [0.15, 0.2) is 0 Å². The molecule has 5 unspecified atom stereocenters. The van der Waals surface area contributed by atoms with Crippen LogP contribution in [0.5, 0.6) is 0 Å². The first-order valence-corrected chi connectivity index (χ1v) is 14.9. The number of aliphatic carboxylic acids is 1. The fourth-order valence-electron chi connectivity index (χ4n) is 5.51. The molecule has 4 aromatic carbocycles. The highest BCUT2D eigenvalue weighted by atomic mass is 35.5. The minimum atomic E-state index is -0.942. The Kier molecular flexibility index (Phi) is 11.0. The Morgan fingerprint density at radius 2 is 1.30 bits per heavy atom. The molecule has 5 atom stereocenters. The van der Waals surface area contributed by atoms with E-state index in [2.05, 4.69) is 6.92 Å². The second kappa shape index (κ2) is 15.3. The van der Waals surface area contributed by atoms with Crippen molar-refractivity contribution in [3.05, 3.63) is 142 Å². The van der Waals surface area contributed by atoms with Crippen molar-refractivity contribution >= 4 is 17.6 Å². The fraction of sp³-hybridized carbons (Fsp3) is 0.306. The minimum absolute atomic E-state index is 0.131. The van der Waals surface area contributed by atoms with Crippen molar-refractivity contribution in [1.29, 1.82) is 0 Å². The van der Waals surface area contributed by atoms with E-state index in [1.165, 1.54) is 0 Å². The van der Waals surface area contributed by atoms with Crippen LogP contribution in [0.1, 0.15) is 40.8 Å². The summed E-state index contributed by atoms with van der Waals surface area (Å²) in [6, 6.07) is 35.6. The average molecular weight is 601 g/mol. The second-order valence-corrected chi connectivity index (χ2v) is 11.3. The number of hydrogen-bond acceptors (Lipinski definition) is 5. The standard InChI is InChI=1S/C36H37ClO6/c1-25-34(29-17-18-31(37)30(19-29)20-33(38)39)43-32(24-40-21-26-11-5-2-6-12-26)36(42-23-28-15-9-4-10-16-28)35(25)41-22-27-13-7-3-8-14-27/h2-19,25,32,34-36H,20-24H2,1H3,(H,38,39). The predicted octanol–water partition coefficient (Wildman–Crippen LogP) is 7.43. The minimum Gasteiger partial charge on any atom is -0.481 e. The third-order valence-electron chi connectivity index (χ3n) is 7.71. The maximum absolute atomic E-state index is 11.5. The number of carbonyl (C=O) groups is 1. The molecule has 4 aromatic rings. The largest absolute Gasteiger partial charge is 0.481 e.